The maximum Gasteiger partial charge on any atom is 0.222 e. The lowest BCUT2D eigenvalue weighted by atomic mass is 10.0. The van der Waals surface area contributed by atoms with E-state index in [2.05, 4.69) is 0 Å². The van der Waals surface area contributed by atoms with Gasteiger partial charge in [-0.1, -0.05) is 25.0 Å². The van der Waals surface area contributed by atoms with Gasteiger partial charge in [-0.15, -0.1) is 0 Å². The standard InChI is InChI=1S/C17H23FN2O/c18-15-7-3-4-8-16(15)19-9-11-20(12-10-19)17(21)13-14-5-1-2-6-14/h3-4,7-8,14H,1-2,5-6,9-13H2. The first kappa shape index (κ1) is 14.4. The van der Waals surface area contributed by atoms with E-state index in [9.17, 15) is 9.18 Å². The number of benzene rings is 1. The smallest absolute Gasteiger partial charge is 0.222 e. The highest BCUT2D eigenvalue weighted by atomic mass is 19.1. The third kappa shape index (κ3) is 3.36. The Morgan fingerprint density at radius 2 is 1.76 bits per heavy atom. The molecule has 21 heavy (non-hydrogen) atoms. The summed E-state index contributed by atoms with van der Waals surface area (Å²) in [4.78, 5) is 16.3. The van der Waals surface area contributed by atoms with Crippen molar-refractivity contribution in [1.29, 1.82) is 0 Å². The molecule has 114 valence electrons. The molecule has 0 bridgehead atoms. The monoisotopic (exact) mass is 290 g/mol. The topological polar surface area (TPSA) is 23.6 Å². The molecule has 0 unspecified atom stereocenters. The largest absolute Gasteiger partial charge is 0.366 e. The molecule has 3 rings (SSSR count). The summed E-state index contributed by atoms with van der Waals surface area (Å²) in [7, 11) is 0. The van der Waals surface area contributed by atoms with Gasteiger partial charge in [0, 0.05) is 32.6 Å². The number of anilines is 1. The molecular formula is C17H23FN2O. The molecule has 1 aliphatic heterocycles. The van der Waals surface area contributed by atoms with Crippen LogP contribution in [0.15, 0.2) is 24.3 Å². The van der Waals surface area contributed by atoms with Crippen molar-refractivity contribution in [3.8, 4) is 0 Å². The summed E-state index contributed by atoms with van der Waals surface area (Å²) in [6.45, 7) is 2.86. The van der Waals surface area contributed by atoms with Crippen LogP contribution >= 0.6 is 0 Å². The fourth-order valence-corrected chi connectivity index (χ4v) is 3.50. The average molecular weight is 290 g/mol. The molecule has 1 amide bonds. The van der Waals surface area contributed by atoms with Crippen molar-refractivity contribution in [1.82, 2.24) is 4.90 Å². The number of hydrogen-bond acceptors (Lipinski definition) is 2. The highest BCUT2D eigenvalue weighted by molar-refractivity contribution is 5.76. The number of rotatable bonds is 3. The maximum absolute atomic E-state index is 13.8. The molecule has 2 aliphatic rings. The number of para-hydroxylation sites is 1. The predicted molar refractivity (Wildman–Crippen MR) is 81.8 cm³/mol. The Hall–Kier alpha value is -1.58. The first-order valence-corrected chi connectivity index (χ1v) is 8.01. The lowest BCUT2D eigenvalue weighted by Gasteiger charge is -2.36. The molecule has 0 N–H and O–H groups in total. The molecule has 0 radical (unpaired) electrons. The van der Waals surface area contributed by atoms with Crippen LogP contribution in [0.2, 0.25) is 0 Å². The molecule has 0 aromatic heterocycles. The van der Waals surface area contributed by atoms with Gasteiger partial charge in [-0.2, -0.15) is 0 Å². The minimum Gasteiger partial charge on any atom is -0.366 e. The molecule has 3 nitrogen and oxygen atoms in total. The van der Waals surface area contributed by atoms with Crippen molar-refractivity contribution < 1.29 is 9.18 Å². The van der Waals surface area contributed by atoms with E-state index in [1.54, 1.807) is 6.07 Å². The fraction of sp³-hybridized carbons (Fsp3) is 0.588. The Morgan fingerprint density at radius 3 is 2.43 bits per heavy atom. The summed E-state index contributed by atoms with van der Waals surface area (Å²) in [5.74, 6) is 0.709. The van der Waals surface area contributed by atoms with Crippen LogP contribution < -0.4 is 4.90 Å². The number of hydrogen-bond donors (Lipinski definition) is 0. The van der Waals surface area contributed by atoms with Gasteiger partial charge >= 0.3 is 0 Å². The van der Waals surface area contributed by atoms with Crippen molar-refractivity contribution in [3.05, 3.63) is 30.1 Å². The summed E-state index contributed by atoms with van der Waals surface area (Å²) < 4.78 is 13.8. The number of amides is 1. The van der Waals surface area contributed by atoms with Crippen molar-refractivity contribution >= 4 is 11.6 Å². The predicted octanol–water partition coefficient (Wildman–Crippen LogP) is 3.05. The zero-order valence-corrected chi connectivity index (χ0v) is 12.4. The van der Waals surface area contributed by atoms with E-state index in [0.717, 1.165) is 13.1 Å². The molecule has 4 heteroatoms. The van der Waals surface area contributed by atoms with E-state index in [1.165, 1.54) is 31.7 Å². The third-order valence-electron chi connectivity index (χ3n) is 4.76. The minimum atomic E-state index is -0.178. The number of carbonyl (C=O) groups is 1. The second-order valence-corrected chi connectivity index (χ2v) is 6.17. The molecule has 0 atom stereocenters. The van der Waals surface area contributed by atoms with Gasteiger partial charge in [0.1, 0.15) is 5.82 Å². The molecule has 2 fully saturated rings. The quantitative estimate of drug-likeness (QED) is 0.854. The fourth-order valence-electron chi connectivity index (χ4n) is 3.50. The Bertz CT molecular complexity index is 491. The number of halogens is 1. The Labute approximate surface area is 125 Å². The van der Waals surface area contributed by atoms with Crippen LogP contribution in [0.25, 0.3) is 0 Å². The number of nitrogens with zero attached hydrogens (tertiary/aromatic N) is 2. The van der Waals surface area contributed by atoms with Crippen LogP contribution in [0.4, 0.5) is 10.1 Å². The van der Waals surface area contributed by atoms with Crippen LogP contribution in [-0.2, 0) is 4.79 Å². The number of piperazine rings is 1. The Morgan fingerprint density at radius 1 is 1.10 bits per heavy atom. The lowest BCUT2D eigenvalue weighted by molar-refractivity contribution is -0.132. The van der Waals surface area contributed by atoms with Gasteiger partial charge < -0.3 is 9.80 Å². The van der Waals surface area contributed by atoms with Crippen LogP contribution in [-0.4, -0.2) is 37.0 Å². The van der Waals surface area contributed by atoms with Crippen molar-refractivity contribution in [2.45, 2.75) is 32.1 Å². The first-order valence-electron chi connectivity index (χ1n) is 8.01. The van der Waals surface area contributed by atoms with Gasteiger partial charge in [-0.3, -0.25) is 4.79 Å². The summed E-state index contributed by atoms with van der Waals surface area (Å²) in [6, 6.07) is 6.87. The highest BCUT2D eigenvalue weighted by Gasteiger charge is 2.25. The van der Waals surface area contributed by atoms with Crippen molar-refractivity contribution in [2.24, 2.45) is 5.92 Å². The van der Waals surface area contributed by atoms with Gasteiger partial charge in [0.2, 0.25) is 5.91 Å². The molecular weight excluding hydrogens is 267 g/mol. The molecule has 1 saturated carbocycles. The van der Waals surface area contributed by atoms with E-state index in [4.69, 9.17) is 0 Å². The summed E-state index contributed by atoms with van der Waals surface area (Å²) in [6.07, 6.45) is 5.68. The maximum atomic E-state index is 13.8. The highest BCUT2D eigenvalue weighted by Crippen LogP contribution is 2.28. The van der Waals surface area contributed by atoms with Crippen LogP contribution in [0, 0.1) is 11.7 Å². The molecule has 1 aliphatic carbocycles. The molecule has 0 spiro atoms. The van der Waals surface area contributed by atoms with Gasteiger partial charge in [-0.25, -0.2) is 4.39 Å². The van der Waals surface area contributed by atoms with Gasteiger partial charge in [-0.05, 0) is 30.9 Å². The third-order valence-corrected chi connectivity index (χ3v) is 4.76. The first-order chi connectivity index (χ1) is 10.2. The van der Waals surface area contributed by atoms with Gasteiger partial charge in [0.25, 0.3) is 0 Å². The number of carbonyl (C=O) groups excluding carboxylic acids is 1. The van der Waals surface area contributed by atoms with Gasteiger partial charge in [0.05, 0.1) is 5.69 Å². The summed E-state index contributed by atoms with van der Waals surface area (Å²) in [5, 5.41) is 0. The second-order valence-electron chi connectivity index (χ2n) is 6.17. The molecule has 1 aromatic rings. The molecule has 1 heterocycles. The Balaban J connectivity index is 1.52. The summed E-state index contributed by atoms with van der Waals surface area (Å²) >= 11 is 0. The van der Waals surface area contributed by atoms with E-state index >= 15 is 0 Å². The normalized spacial score (nSPS) is 20.0. The Kier molecular flexibility index (Phi) is 4.42. The molecule has 1 aromatic carbocycles. The van der Waals surface area contributed by atoms with Crippen molar-refractivity contribution in [2.75, 3.05) is 31.1 Å². The second kappa shape index (κ2) is 6.46. The minimum absolute atomic E-state index is 0.178. The average Bonchev–Trinajstić information content (AvgIpc) is 3.01. The van der Waals surface area contributed by atoms with Gasteiger partial charge in [0.15, 0.2) is 0 Å². The van der Waals surface area contributed by atoms with E-state index in [-0.39, 0.29) is 11.7 Å². The molecule has 1 saturated heterocycles. The lowest BCUT2D eigenvalue weighted by Crippen LogP contribution is -2.49. The zero-order chi connectivity index (χ0) is 14.7. The van der Waals surface area contributed by atoms with Crippen LogP contribution in [0.1, 0.15) is 32.1 Å². The van der Waals surface area contributed by atoms with E-state index in [1.807, 2.05) is 21.9 Å². The van der Waals surface area contributed by atoms with Crippen LogP contribution in [0.5, 0.6) is 0 Å². The van der Waals surface area contributed by atoms with Crippen molar-refractivity contribution in [3.63, 3.8) is 0 Å². The SMILES string of the molecule is O=C(CC1CCCC1)N1CCN(c2ccccc2F)CC1. The summed E-state index contributed by atoms with van der Waals surface area (Å²) in [5.41, 5.74) is 0.653. The van der Waals surface area contributed by atoms with E-state index < -0.39 is 0 Å². The van der Waals surface area contributed by atoms with Crippen LogP contribution in [0.3, 0.4) is 0 Å². The van der Waals surface area contributed by atoms with E-state index in [0.29, 0.717) is 31.1 Å². The zero-order valence-electron chi connectivity index (χ0n) is 12.4.